The summed E-state index contributed by atoms with van der Waals surface area (Å²) in [6, 6.07) is 2.17. The molecule has 0 N–H and O–H groups in total. The van der Waals surface area contributed by atoms with Gasteiger partial charge in [0.2, 0.25) is 5.91 Å². The molecule has 0 radical (unpaired) electrons. The molecule has 0 aromatic rings. The van der Waals surface area contributed by atoms with Crippen molar-refractivity contribution in [3.63, 3.8) is 0 Å². The molecule has 1 fully saturated rings. The van der Waals surface area contributed by atoms with Crippen LogP contribution in [0.2, 0.25) is 0 Å². The number of carbonyl (C=O) groups excluding carboxylic acids is 1. The zero-order chi connectivity index (χ0) is 13.5. The van der Waals surface area contributed by atoms with E-state index in [9.17, 15) is 4.79 Å². The van der Waals surface area contributed by atoms with Crippen molar-refractivity contribution >= 4 is 28.8 Å². The maximum absolute atomic E-state index is 12.1. The Bertz CT molecular complexity index is 350. The van der Waals surface area contributed by atoms with Crippen molar-refractivity contribution in [2.75, 3.05) is 40.3 Å². The number of halogens is 1. The number of nitriles is 1. The fourth-order valence-electron chi connectivity index (χ4n) is 1.85. The average Bonchev–Trinajstić information content (AvgIpc) is 2.29. The van der Waals surface area contributed by atoms with Crippen LogP contribution in [-0.2, 0) is 4.79 Å². The lowest BCUT2D eigenvalue weighted by Gasteiger charge is -2.37. The average molecular weight is 362 g/mol. The minimum Gasteiger partial charge on any atom is -0.333 e. The van der Waals surface area contributed by atoms with Crippen molar-refractivity contribution in [2.24, 2.45) is 0 Å². The van der Waals surface area contributed by atoms with Gasteiger partial charge in [0.1, 0.15) is 0 Å². The monoisotopic (exact) mass is 362 g/mol. The Balaban J connectivity index is 2.59. The van der Waals surface area contributed by atoms with E-state index in [1.165, 1.54) is 0 Å². The van der Waals surface area contributed by atoms with Crippen molar-refractivity contribution < 1.29 is 4.79 Å². The van der Waals surface area contributed by atoms with E-state index >= 15 is 0 Å². The van der Waals surface area contributed by atoms with Gasteiger partial charge in [0, 0.05) is 55.1 Å². The zero-order valence-corrected chi connectivity index (χ0v) is 13.0. The fraction of sp³-hybridized carbons (Fsp3) is 0.667. The summed E-state index contributed by atoms with van der Waals surface area (Å²) in [5, 5.41) is 8.82. The predicted octanol–water partition coefficient (Wildman–Crippen LogP) is 0.881. The van der Waals surface area contributed by atoms with E-state index in [1.54, 1.807) is 6.08 Å². The van der Waals surface area contributed by atoms with Crippen LogP contribution in [0.15, 0.2) is 12.2 Å². The van der Waals surface area contributed by atoms with E-state index in [1.807, 2.05) is 30.0 Å². The normalized spacial score (nSPS) is 21.5. The number of hydrogen-bond acceptors (Lipinski definition) is 4. The molecule has 1 heterocycles. The molecule has 0 unspecified atom stereocenters. The second-order valence-electron chi connectivity index (χ2n) is 4.58. The number of likely N-dealkylation sites (N-methyl/N-ethyl adjacent to an activating group) is 1. The molecule has 1 amide bonds. The van der Waals surface area contributed by atoms with Crippen LogP contribution in [0.1, 0.15) is 6.42 Å². The molecule has 0 aromatic carbocycles. The molecule has 0 saturated carbocycles. The Morgan fingerprint density at radius 1 is 1.56 bits per heavy atom. The maximum atomic E-state index is 12.1. The van der Waals surface area contributed by atoms with Gasteiger partial charge in [-0.1, -0.05) is 6.08 Å². The SMILES string of the molecule is CN(C)C/C=C/C(=O)N1CCN(I)C[C@@H]1CC#N. The first-order chi connectivity index (χ1) is 8.54. The highest BCUT2D eigenvalue weighted by Crippen LogP contribution is 2.16. The molecule has 6 heteroatoms. The summed E-state index contributed by atoms with van der Waals surface area (Å²) >= 11 is 2.24. The van der Waals surface area contributed by atoms with Gasteiger partial charge in [-0.2, -0.15) is 5.26 Å². The van der Waals surface area contributed by atoms with Gasteiger partial charge in [-0.05, 0) is 14.1 Å². The van der Waals surface area contributed by atoms with Crippen molar-refractivity contribution in [3.05, 3.63) is 12.2 Å². The lowest BCUT2D eigenvalue weighted by Crippen LogP contribution is -2.52. The lowest BCUT2D eigenvalue weighted by atomic mass is 10.1. The van der Waals surface area contributed by atoms with Crippen molar-refractivity contribution in [1.82, 2.24) is 12.9 Å². The van der Waals surface area contributed by atoms with Gasteiger partial charge in [0.15, 0.2) is 0 Å². The Kier molecular flexibility index (Phi) is 6.60. The van der Waals surface area contributed by atoms with Crippen LogP contribution >= 0.6 is 22.9 Å². The molecule has 1 atom stereocenters. The van der Waals surface area contributed by atoms with E-state index in [0.717, 1.165) is 19.6 Å². The van der Waals surface area contributed by atoms with Crippen LogP contribution in [0.3, 0.4) is 0 Å². The molecule has 0 bridgehead atoms. The van der Waals surface area contributed by atoms with Gasteiger partial charge in [0.25, 0.3) is 0 Å². The number of nitrogens with zero attached hydrogens (tertiary/aromatic N) is 4. The van der Waals surface area contributed by atoms with E-state index in [4.69, 9.17) is 5.26 Å². The van der Waals surface area contributed by atoms with Crippen LogP contribution < -0.4 is 0 Å². The summed E-state index contributed by atoms with van der Waals surface area (Å²) in [5.74, 6) is 0.0154. The van der Waals surface area contributed by atoms with Gasteiger partial charge in [-0.25, -0.2) is 3.11 Å². The number of carbonyl (C=O) groups is 1. The highest BCUT2D eigenvalue weighted by atomic mass is 127. The van der Waals surface area contributed by atoms with Gasteiger partial charge in [0.05, 0.1) is 18.5 Å². The summed E-state index contributed by atoms with van der Waals surface area (Å²) in [5.41, 5.74) is 0. The maximum Gasteiger partial charge on any atom is 0.246 e. The van der Waals surface area contributed by atoms with Crippen LogP contribution in [-0.4, -0.2) is 65.1 Å². The van der Waals surface area contributed by atoms with Crippen molar-refractivity contribution in [1.29, 1.82) is 5.26 Å². The minimum absolute atomic E-state index is 0.0113. The Hall–Kier alpha value is -0.650. The van der Waals surface area contributed by atoms with E-state index < -0.39 is 0 Å². The van der Waals surface area contributed by atoms with Crippen molar-refractivity contribution in [2.45, 2.75) is 12.5 Å². The number of piperazine rings is 1. The molecule has 1 aliphatic rings. The van der Waals surface area contributed by atoms with Gasteiger partial charge < -0.3 is 9.80 Å². The molecule has 0 aliphatic carbocycles. The highest BCUT2D eigenvalue weighted by Gasteiger charge is 2.28. The summed E-state index contributed by atoms with van der Waals surface area (Å²) in [6.45, 7) is 3.07. The molecule has 18 heavy (non-hydrogen) atoms. The van der Waals surface area contributed by atoms with Crippen LogP contribution in [0.25, 0.3) is 0 Å². The molecular formula is C12H19IN4O. The van der Waals surface area contributed by atoms with Crippen LogP contribution in [0.4, 0.5) is 0 Å². The number of amides is 1. The molecular weight excluding hydrogens is 343 g/mol. The third-order valence-corrected chi connectivity index (χ3v) is 3.65. The number of hydrogen-bond donors (Lipinski definition) is 0. The third kappa shape index (κ3) is 4.92. The first-order valence-electron chi connectivity index (χ1n) is 5.94. The van der Waals surface area contributed by atoms with Gasteiger partial charge >= 0.3 is 0 Å². The highest BCUT2D eigenvalue weighted by molar-refractivity contribution is 14.1. The Morgan fingerprint density at radius 2 is 2.28 bits per heavy atom. The van der Waals surface area contributed by atoms with E-state index in [0.29, 0.717) is 13.0 Å². The summed E-state index contributed by atoms with van der Waals surface area (Å²) in [7, 11) is 3.92. The molecule has 100 valence electrons. The standard InChI is InChI=1S/C12H19IN4O/c1-15(2)7-3-4-12(18)17-9-8-16(13)10-11(17)5-6-14/h3-4,11H,5,7-10H2,1-2H3/b4-3+/t11-/m0/s1. The Morgan fingerprint density at radius 3 is 2.89 bits per heavy atom. The topological polar surface area (TPSA) is 50.6 Å². The smallest absolute Gasteiger partial charge is 0.246 e. The zero-order valence-electron chi connectivity index (χ0n) is 10.8. The largest absolute Gasteiger partial charge is 0.333 e. The Labute approximate surface area is 123 Å². The van der Waals surface area contributed by atoms with Crippen molar-refractivity contribution in [3.8, 4) is 6.07 Å². The van der Waals surface area contributed by atoms with E-state index in [2.05, 4.69) is 32.0 Å². The molecule has 1 aliphatic heterocycles. The fourth-order valence-corrected chi connectivity index (χ4v) is 2.52. The molecule has 5 nitrogen and oxygen atoms in total. The molecule has 1 saturated heterocycles. The van der Waals surface area contributed by atoms with Crippen LogP contribution in [0, 0.1) is 11.3 Å². The predicted molar refractivity (Wildman–Crippen MR) is 79.0 cm³/mol. The summed E-state index contributed by atoms with van der Waals surface area (Å²) in [6.07, 6.45) is 3.88. The third-order valence-electron chi connectivity index (χ3n) is 2.77. The molecule has 0 spiro atoms. The second-order valence-corrected chi connectivity index (χ2v) is 5.95. The lowest BCUT2D eigenvalue weighted by molar-refractivity contribution is -0.129. The quantitative estimate of drug-likeness (QED) is 0.423. The first kappa shape index (κ1) is 15.4. The minimum atomic E-state index is 0.0113. The van der Waals surface area contributed by atoms with Gasteiger partial charge in [-0.15, -0.1) is 0 Å². The molecule has 0 aromatic heterocycles. The summed E-state index contributed by atoms with van der Waals surface area (Å²) in [4.78, 5) is 15.9. The van der Waals surface area contributed by atoms with Crippen LogP contribution in [0.5, 0.6) is 0 Å². The van der Waals surface area contributed by atoms with Gasteiger partial charge in [-0.3, -0.25) is 4.79 Å². The summed E-state index contributed by atoms with van der Waals surface area (Å²) < 4.78 is 2.13. The van der Waals surface area contributed by atoms with E-state index in [-0.39, 0.29) is 11.9 Å². The molecule has 1 rings (SSSR count). The second kappa shape index (κ2) is 7.71. The number of rotatable bonds is 4. The first-order valence-corrected chi connectivity index (χ1v) is 6.90.